The number of rotatable bonds is 6. The van der Waals surface area contributed by atoms with E-state index < -0.39 is 10.0 Å². The highest BCUT2D eigenvalue weighted by atomic mass is 32.2. The smallest absolute Gasteiger partial charge is 0.262 e. The maximum Gasteiger partial charge on any atom is 0.262 e. The number of sulfonamides is 1. The van der Waals surface area contributed by atoms with E-state index in [0.29, 0.717) is 54.0 Å². The Bertz CT molecular complexity index is 2030. The van der Waals surface area contributed by atoms with Crippen molar-refractivity contribution in [2.24, 2.45) is 0 Å². The van der Waals surface area contributed by atoms with Gasteiger partial charge in [-0.05, 0) is 54.0 Å². The summed E-state index contributed by atoms with van der Waals surface area (Å²) in [7, 11) is -3.96. The van der Waals surface area contributed by atoms with Crippen molar-refractivity contribution in [3.8, 4) is 22.8 Å². The number of fused-ring (bicyclic) bond motifs is 3. The summed E-state index contributed by atoms with van der Waals surface area (Å²) in [5.41, 5.74) is 8.24. The van der Waals surface area contributed by atoms with Gasteiger partial charge in [0.05, 0.1) is 27.7 Å². The van der Waals surface area contributed by atoms with Crippen molar-refractivity contribution in [2.45, 2.75) is 23.8 Å². The highest BCUT2D eigenvalue weighted by Gasteiger charge is 2.32. The fraction of sp³-hybridized carbons (Fsp3) is 0.200. The number of likely N-dealkylation sites (tertiary alicyclic amines) is 1. The van der Waals surface area contributed by atoms with Crippen molar-refractivity contribution in [3.05, 3.63) is 73.6 Å². The number of hydrogen-bond acceptors (Lipinski definition) is 9. The molecule has 3 N–H and O–H groups in total. The molecule has 0 spiro atoms. The van der Waals surface area contributed by atoms with Gasteiger partial charge in [-0.2, -0.15) is 5.10 Å². The van der Waals surface area contributed by atoms with Crippen molar-refractivity contribution in [1.82, 2.24) is 24.6 Å². The van der Waals surface area contributed by atoms with Gasteiger partial charge in [-0.15, -0.1) is 0 Å². The van der Waals surface area contributed by atoms with Gasteiger partial charge < -0.3 is 20.1 Å². The second-order valence-corrected chi connectivity index (χ2v) is 12.0. The summed E-state index contributed by atoms with van der Waals surface area (Å²) in [5, 5.41) is 7.09. The van der Waals surface area contributed by atoms with Crippen LogP contribution in [0.4, 0.5) is 11.5 Å². The van der Waals surface area contributed by atoms with E-state index in [-0.39, 0.29) is 40.9 Å². The Hall–Kier alpha value is -5.17. The summed E-state index contributed by atoms with van der Waals surface area (Å²) in [5.74, 6) is 0.748. The van der Waals surface area contributed by atoms with Crippen LogP contribution in [-0.2, 0) is 14.8 Å². The van der Waals surface area contributed by atoms with Crippen LogP contribution in [0, 0.1) is 0 Å². The zero-order chi connectivity index (χ0) is 29.7. The number of carbonyl (C=O) groups excluding carboxylic acids is 1. The average molecular weight is 598 g/mol. The molecule has 0 radical (unpaired) electrons. The monoisotopic (exact) mass is 597 g/mol. The van der Waals surface area contributed by atoms with Crippen LogP contribution in [-0.4, -0.2) is 58.9 Å². The lowest BCUT2D eigenvalue weighted by Crippen LogP contribution is -2.38. The molecule has 0 atom stereocenters. The van der Waals surface area contributed by atoms with Crippen molar-refractivity contribution in [2.75, 3.05) is 30.3 Å². The molecule has 1 saturated heterocycles. The van der Waals surface area contributed by atoms with Gasteiger partial charge in [0.25, 0.3) is 10.0 Å². The number of amides is 1. The molecule has 0 saturated carbocycles. The Morgan fingerprint density at radius 1 is 1.02 bits per heavy atom. The van der Waals surface area contributed by atoms with Crippen LogP contribution in [0.5, 0.6) is 11.5 Å². The Balaban J connectivity index is 1.29. The first-order valence-corrected chi connectivity index (χ1v) is 15.2. The molecular formula is C30H27N7O5S. The van der Waals surface area contributed by atoms with Crippen molar-refractivity contribution in [3.63, 3.8) is 0 Å². The van der Waals surface area contributed by atoms with Gasteiger partial charge in [0.2, 0.25) is 12.7 Å². The SMILES string of the molecule is C=CC(=O)N1CCC(n2nc3ncnc(N)c3c2-c2ccc(NS(=O)(=O)c3ccc4ccccc4c3)c3c2OCO3)CC1. The molecule has 0 aliphatic carbocycles. The number of benzene rings is 3. The molecule has 4 heterocycles. The Morgan fingerprint density at radius 2 is 1.79 bits per heavy atom. The van der Waals surface area contributed by atoms with E-state index in [0.717, 1.165) is 10.8 Å². The third-order valence-corrected chi connectivity index (χ3v) is 9.23. The predicted molar refractivity (Wildman–Crippen MR) is 161 cm³/mol. The van der Waals surface area contributed by atoms with E-state index in [1.54, 1.807) is 35.2 Å². The summed E-state index contributed by atoms with van der Waals surface area (Å²) in [6.45, 7) is 4.57. The molecule has 13 heteroatoms. The predicted octanol–water partition coefficient (Wildman–Crippen LogP) is 4.11. The minimum absolute atomic E-state index is 0.0680. The first kappa shape index (κ1) is 26.7. The van der Waals surface area contributed by atoms with Gasteiger partial charge in [-0.1, -0.05) is 36.9 Å². The molecule has 3 aromatic carbocycles. The minimum Gasteiger partial charge on any atom is -0.453 e. The van der Waals surface area contributed by atoms with Gasteiger partial charge in [0.1, 0.15) is 12.1 Å². The quantitative estimate of drug-likeness (QED) is 0.275. The third kappa shape index (κ3) is 4.57. The molecule has 7 rings (SSSR count). The molecular weight excluding hydrogens is 570 g/mol. The number of piperidine rings is 1. The first-order valence-electron chi connectivity index (χ1n) is 13.7. The molecule has 1 amide bonds. The van der Waals surface area contributed by atoms with Gasteiger partial charge in [-0.25, -0.2) is 18.4 Å². The zero-order valence-electron chi connectivity index (χ0n) is 22.9. The van der Waals surface area contributed by atoms with E-state index in [9.17, 15) is 13.2 Å². The van der Waals surface area contributed by atoms with Crippen LogP contribution in [0.25, 0.3) is 33.1 Å². The second kappa shape index (κ2) is 10.3. The number of hydrogen-bond donors (Lipinski definition) is 2. The van der Waals surface area contributed by atoms with Crippen LogP contribution < -0.4 is 19.9 Å². The van der Waals surface area contributed by atoms with E-state index in [1.807, 2.05) is 28.9 Å². The Morgan fingerprint density at radius 3 is 2.58 bits per heavy atom. The van der Waals surface area contributed by atoms with Crippen molar-refractivity contribution >= 4 is 49.2 Å². The number of nitrogens with one attached hydrogen (secondary N) is 1. The summed E-state index contributed by atoms with van der Waals surface area (Å²) in [6, 6.07) is 15.8. The zero-order valence-corrected chi connectivity index (χ0v) is 23.8. The van der Waals surface area contributed by atoms with E-state index >= 15 is 0 Å². The lowest BCUT2D eigenvalue weighted by atomic mass is 10.0. The van der Waals surface area contributed by atoms with Crippen LogP contribution in [0.3, 0.4) is 0 Å². The summed E-state index contributed by atoms with van der Waals surface area (Å²) in [6.07, 6.45) is 3.98. The van der Waals surface area contributed by atoms with Gasteiger partial charge in [0, 0.05) is 18.7 Å². The Labute approximate surface area is 246 Å². The lowest BCUT2D eigenvalue weighted by molar-refractivity contribution is -0.127. The Kier molecular flexibility index (Phi) is 6.38. The number of nitrogen functional groups attached to an aromatic ring is 1. The lowest BCUT2D eigenvalue weighted by Gasteiger charge is -2.32. The summed E-state index contributed by atoms with van der Waals surface area (Å²) >= 11 is 0. The fourth-order valence-electron chi connectivity index (χ4n) is 5.74. The summed E-state index contributed by atoms with van der Waals surface area (Å²) < 4.78 is 43.2. The van der Waals surface area contributed by atoms with Crippen LogP contribution in [0.1, 0.15) is 18.9 Å². The van der Waals surface area contributed by atoms with E-state index in [4.69, 9.17) is 20.3 Å². The molecule has 12 nitrogen and oxygen atoms in total. The molecule has 2 aromatic heterocycles. The second-order valence-electron chi connectivity index (χ2n) is 10.4. The number of nitrogens with two attached hydrogens (primary N) is 1. The standard InChI is InChI=1S/C30H27N7O5S/c1-2-24(38)36-13-11-20(12-14-36)37-26(25-29(31)32-16-33-30(25)34-37)22-9-10-23(28-27(22)41-17-42-28)35-43(39,40)21-8-7-18-5-3-4-6-19(18)15-21/h2-10,15-16,20,35H,1,11-14,17H2,(H2,31,32,33,34). The summed E-state index contributed by atoms with van der Waals surface area (Å²) in [4.78, 5) is 22.6. The topological polar surface area (TPSA) is 155 Å². The average Bonchev–Trinajstić information content (AvgIpc) is 3.68. The molecule has 43 heavy (non-hydrogen) atoms. The van der Waals surface area contributed by atoms with E-state index in [1.165, 1.54) is 12.4 Å². The highest BCUT2D eigenvalue weighted by Crippen LogP contribution is 2.49. The molecule has 1 fully saturated rings. The molecule has 0 bridgehead atoms. The van der Waals surface area contributed by atoms with Crippen LogP contribution in [0.15, 0.2) is 78.5 Å². The van der Waals surface area contributed by atoms with Crippen LogP contribution >= 0.6 is 0 Å². The van der Waals surface area contributed by atoms with Gasteiger partial charge in [0.15, 0.2) is 17.1 Å². The normalized spacial score (nSPS) is 15.2. The number of ether oxygens (including phenoxy) is 2. The van der Waals surface area contributed by atoms with E-state index in [2.05, 4.69) is 21.3 Å². The molecule has 5 aromatic rings. The van der Waals surface area contributed by atoms with Crippen LogP contribution in [0.2, 0.25) is 0 Å². The molecule has 218 valence electrons. The largest absolute Gasteiger partial charge is 0.453 e. The molecule has 2 aliphatic heterocycles. The number of anilines is 2. The maximum absolute atomic E-state index is 13.4. The molecule has 2 aliphatic rings. The number of aromatic nitrogens is 4. The third-order valence-electron chi connectivity index (χ3n) is 7.87. The van der Waals surface area contributed by atoms with Gasteiger partial charge >= 0.3 is 0 Å². The first-order chi connectivity index (χ1) is 20.8. The fourth-order valence-corrected chi connectivity index (χ4v) is 6.84. The highest BCUT2D eigenvalue weighted by molar-refractivity contribution is 7.92. The van der Waals surface area contributed by atoms with Crippen molar-refractivity contribution in [1.29, 1.82) is 0 Å². The maximum atomic E-state index is 13.4. The minimum atomic E-state index is -3.96. The molecule has 0 unspecified atom stereocenters. The number of nitrogens with zero attached hydrogens (tertiary/aromatic N) is 5. The van der Waals surface area contributed by atoms with Crippen molar-refractivity contribution < 1.29 is 22.7 Å². The number of carbonyl (C=O) groups is 1. The van der Waals surface area contributed by atoms with Gasteiger partial charge in [-0.3, -0.25) is 14.2 Å².